The molecule has 2 aromatic carbocycles. The Kier molecular flexibility index (Phi) is 5.37. The van der Waals surface area contributed by atoms with Gasteiger partial charge in [0.2, 0.25) is 0 Å². The molecule has 0 N–H and O–H groups in total. The predicted molar refractivity (Wildman–Crippen MR) is 85.0 cm³/mol. The third-order valence-electron chi connectivity index (χ3n) is 2.72. The van der Waals surface area contributed by atoms with E-state index in [9.17, 15) is 4.79 Å². The standard InChI is InChI=1S/C19H16O2/c1-16(20)13-14-18-11-5-6-12-19(18)21-15-7-10-17-8-3-2-4-9-17/h2-6,8-9,11-14H,15H2,1H3/b14-13+. The van der Waals surface area contributed by atoms with Crippen LogP contribution in [-0.4, -0.2) is 12.4 Å². The number of ketones is 1. The molecule has 0 aromatic heterocycles. The van der Waals surface area contributed by atoms with Crippen LogP contribution in [0.4, 0.5) is 0 Å². The molecule has 0 fully saturated rings. The Morgan fingerprint density at radius 1 is 1.10 bits per heavy atom. The molecule has 0 bridgehead atoms. The zero-order valence-corrected chi connectivity index (χ0v) is 11.9. The molecule has 21 heavy (non-hydrogen) atoms. The molecule has 2 nitrogen and oxygen atoms in total. The van der Waals surface area contributed by atoms with Gasteiger partial charge in [-0.1, -0.05) is 48.2 Å². The molecule has 0 saturated carbocycles. The second-order valence-corrected chi connectivity index (χ2v) is 4.44. The molecular formula is C19H16O2. The van der Waals surface area contributed by atoms with Gasteiger partial charge in [0.05, 0.1) is 0 Å². The van der Waals surface area contributed by atoms with Gasteiger partial charge in [-0.25, -0.2) is 0 Å². The minimum absolute atomic E-state index is 0.00803. The van der Waals surface area contributed by atoms with Gasteiger partial charge in [-0.05, 0) is 37.3 Å². The maximum atomic E-state index is 11.0. The van der Waals surface area contributed by atoms with Gasteiger partial charge in [0, 0.05) is 11.1 Å². The predicted octanol–water partition coefficient (Wildman–Crippen LogP) is 3.72. The third-order valence-corrected chi connectivity index (χ3v) is 2.72. The largest absolute Gasteiger partial charge is 0.480 e. The van der Waals surface area contributed by atoms with Gasteiger partial charge < -0.3 is 4.74 Å². The number of allylic oxidation sites excluding steroid dienone is 1. The van der Waals surface area contributed by atoms with Gasteiger partial charge in [-0.15, -0.1) is 0 Å². The maximum absolute atomic E-state index is 11.0. The lowest BCUT2D eigenvalue weighted by Crippen LogP contribution is -1.96. The van der Waals surface area contributed by atoms with Crippen molar-refractivity contribution >= 4 is 11.9 Å². The van der Waals surface area contributed by atoms with Crippen LogP contribution in [0.15, 0.2) is 60.7 Å². The summed E-state index contributed by atoms with van der Waals surface area (Å²) in [5.41, 5.74) is 1.83. The van der Waals surface area contributed by atoms with E-state index in [1.54, 1.807) is 6.08 Å². The molecule has 0 aliphatic rings. The monoisotopic (exact) mass is 276 g/mol. The molecule has 104 valence electrons. The number of carbonyl (C=O) groups is 1. The topological polar surface area (TPSA) is 26.3 Å². The Morgan fingerprint density at radius 2 is 1.81 bits per heavy atom. The van der Waals surface area contributed by atoms with Crippen molar-refractivity contribution in [1.29, 1.82) is 0 Å². The highest BCUT2D eigenvalue weighted by Crippen LogP contribution is 2.19. The summed E-state index contributed by atoms with van der Waals surface area (Å²) in [4.78, 5) is 11.0. The Balaban J connectivity index is 2.01. The van der Waals surface area contributed by atoms with E-state index in [0.29, 0.717) is 6.61 Å². The van der Waals surface area contributed by atoms with Crippen molar-refractivity contribution in [2.45, 2.75) is 6.92 Å². The summed E-state index contributed by atoms with van der Waals surface area (Å²) >= 11 is 0. The number of benzene rings is 2. The fraction of sp³-hybridized carbons (Fsp3) is 0.105. The summed E-state index contributed by atoms with van der Waals surface area (Å²) in [5, 5.41) is 0. The summed E-state index contributed by atoms with van der Waals surface area (Å²) in [7, 11) is 0. The second-order valence-electron chi connectivity index (χ2n) is 4.44. The van der Waals surface area contributed by atoms with E-state index in [4.69, 9.17) is 4.74 Å². The van der Waals surface area contributed by atoms with Crippen molar-refractivity contribution in [3.63, 3.8) is 0 Å². The molecule has 0 aliphatic carbocycles. The van der Waals surface area contributed by atoms with Crippen LogP contribution in [0.1, 0.15) is 18.1 Å². The van der Waals surface area contributed by atoms with Gasteiger partial charge in [0.25, 0.3) is 0 Å². The highest BCUT2D eigenvalue weighted by Gasteiger charge is 1.98. The molecular weight excluding hydrogens is 260 g/mol. The van der Waals surface area contributed by atoms with E-state index in [0.717, 1.165) is 16.9 Å². The number of hydrogen-bond acceptors (Lipinski definition) is 2. The van der Waals surface area contributed by atoms with Crippen molar-refractivity contribution in [1.82, 2.24) is 0 Å². The lowest BCUT2D eigenvalue weighted by molar-refractivity contribution is -0.112. The van der Waals surface area contributed by atoms with Crippen LogP contribution >= 0.6 is 0 Å². The van der Waals surface area contributed by atoms with Crippen molar-refractivity contribution < 1.29 is 9.53 Å². The molecule has 0 amide bonds. The molecule has 0 radical (unpaired) electrons. The first-order chi connectivity index (χ1) is 10.3. The first-order valence-corrected chi connectivity index (χ1v) is 6.70. The second kappa shape index (κ2) is 7.72. The summed E-state index contributed by atoms with van der Waals surface area (Å²) in [6, 6.07) is 17.3. The normalized spacial score (nSPS) is 9.95. The molecule has 2 heteroatoms. The van der Waals surface area contributed by atoms with Crippen molar-refractivity contribution in [2.24, 2.45) is 0 Å². The zero-order chi connectivity index (χ0) is 14.9. The summed E-state index contributed by atoms with van der Waals surface area (Å²) in [5.74, 6) is 6.74. The Labute approximate surface area is 125 Å². The van der Waals surface area contributed by atoms with Crippen LogP contribution in [0.5, 0.6) is 5.75 Å². The van der Waals surface area contributed by atoms with E-state index in [1.807, 2.05) is 54.6 Å². The minimum Gasteiger partial charge on any atom is -0.480 e. The highest BCUT2D eigenvalue weighted by molar-refractivity contribution is 5.91. The van der Waals surface area contributed by atoms with Crippen LogP contribution in [0.25, 0.3) is 6.08 Å². The number of ether oxygens (including phenoxy) is 1. The van der Waals surface area contributed by atoms with Gasteiger partial charge in [0.15, 0.2) is 5.78 Å². The first-order valence-electron chi connectivity index (χ1n) is 6.70. The average Bonchev–Trinajstić information content (AvgIpc) is 2.51. The van der Waals surface area contributed by atoms with E-state index in [2.05, 4.69) is 11.8 Å². The Hall–Kier alpha value is -2.79. The smallest absolute Gasteiger partial charge is 0.152 e. The van der Waals surface area contributed by atoms with E-state index >= 15 is 0 Å². The van der Waals surface area contributed by atoms with Gasteiger partial charge in [0.1, 0.15) is 12.4 Å². The van der Waals surface area contributed by atoms with Gasteiger partial charge in [-0.2, -0.15) is 0 Å². The van der Waals surface area contributed by atoms with E-state index < -0.39 is 0 Å². The zero-order valence-electron chi connectivity index (χ0n) is 11.9. The number of hydrogen-bond donors (Lipinski definition) is 0. The van der Waals surface area contributed by atoms with E-state index in [1.165, 1.54) is 13.0 Å². The van der Waals surface area contributed by atoms with Crippen LogP contribution in [0.3, 0.4) is 0 Å². The van der Waals surface area contributed by atoms with Crippen LogP contribution in [-0.2, 0) is 4.79 Å². The van der Waals surface area contributed by atoms with Gasteiger partial charge >= 0.3 is 0 Å². The van der Waals surface area contributed by atoms with Crippen LogP contribution < -0.4 is 4.74 Å². The fourth-order valence-electron chi connectivity index (χ4n) is 1.73. The summed E-state index contributed by atoms with van der Waals surface area (Å²) < 4.78 is 5.66. The maximum Gasteiger partial charge on any atom is 0.152 e. The molecule has 2 aromatic rings. The molecule has 0 aliphatic heterocycles. The van der Waals surface area contributed by atoms with Gasteiger partial charge in [-0.3, -0.25) is 4.79 Å². The fourth-order valence-corrected chi connectivity index (χ4v) is 1.73. The minimum atomic E-state index is 0.00803. The number of carbonyl (C=O) groups excluding carboxylic acids is 1. The van der Waals surface area contributed by atoms with Crippen molar-refractivity contribution in [2.75, 3.05) is 6.61 Å². The van der Waals surface area contributed by atoms with Crippen LogP contribution in [0, 0.1) is 11.8 Å². The Bertz CT molecular complexity index is 688. The number of para-hydroxylation sites is 1. The summed E-state index contributed by atoms with van der Waals surface area (Å²) in [6.45, 7) is 1.82. The number of rotatable bonds is 4. The molecule has 2 rings (SSSR count). The molecule has 0 atom stereocenters. The lowest BCUT2D eigenvalue weighted by atomic mass is 10.2. The average molecular weight is 276 g/mol. The van der Waals surface area contributed by atoms with Crippen molar-refractivity contribution in [3.8, 4) is 17.6 Å². The third kappa shape index (κ3) is 5.00. The molecule has 0 saturated heterocycles. The lowest BCUT2D eigenvalue weighted by Gasteiger charge is -2.05. The summed E-state index contributed by atoms with van der Waals surface area (Å²) in [6.07, 6.45) is 3.28. The molecule has 0 spiro atoms. The first kappa shape index (κ1) is 14.6. The molecule has 0 heterocycles. The highest BCUT2D eigenvalue weighted by atomic mass is 16.5. The Morgan fingerprint density at radius 3 is 2.57 bits per heavy atom. The SMILES string of the molecule is CC(=O)/C=C/c1ccccc1OCC#Cc1ccccc1. The van der Waals surface area contributed by atoms with E-state index in [-0.39, 0.29) is 5.78 Å². The van der Waals surface area contributed by atoms with Crippen molar-refractivity contribution in [3.05, 3.63) is 71.8 Å². The quantitative estimate of drug-likeness (QED) is 0.628. The van der Waals surface area contributed by atoms with Crippen LogP contribution in [0.2, 0.25) is 0 Å². The molecule has 0 unspecified atom stereocenters.